The van der Waals surface area contributed by atoms with Gasteiger partial charge in [-0.3, -0.25) is 9.20 Å². The molecule has 2 aromatic heterocycles. The van der Waals surface area contributed by atoms with Gasteiger partial charge in [0.15, 0.2) is 5.15 Å². The van der Waals surface area contributed by atoms with Crippen LogP contribution in [-0.4, -0.2) is 41.1 Å². The molecule has 0 aliphatic carbocycles. The Balaban J connectivity index is 1.45. The van der Waals surface area contributed by atoms with Crippen molar-refractivity contribution in [3.8, 4) is 0 Å². The van der Waals surface area contributed by atoms with Crippen LogP contribution in [0.25, 0.3) is 11.7 Å². The number of nitrogens with zero attached hydrogens (tertiary/aromatic N) is 3. The summed E-state index contributed by atoms with van der Waals surface area (Å²) >= 11 is 6.16. The minimum atomic E-state index is -3.49. The SMILES string of the molecule is O=C(/C=C/c1c(Cl)nc2ccccn12)Nc1ccc(S(=O)(=O)N2CCCCC2)cc1. The summed E-state index contributed by atoms with van der Waals surface area (Å²) in [5.74, 6) is -0.358. The molecule has 1 aliphatic heterocycles. The van der Waals surface area contributed by atoms with E-state index in [1.807, 2.05) is 24.4 Å². The lowest BCUT2D eigenvalue weighted by Gasteiger charge is -2.25. The van der Waals surface area contributed by atoms with Gasteiger partial charge in [-0.2, -0.15) is 4.31 Å². The zero-order chi connectivity index (χ0) is 21.1. The van der Waals surface area contributed by atoms with Crippen molar-refractivity contribution >= 4 is 44.9 Å². The number of anilines is 1. The highest BCUT2D eigenvalue weighted by atomic mass is 35.5. The molecule has 3 heterocycles. The van der Waals surface area contributed by atoms with E-state index < -0.39 is 10.0 Å². The first-order valence-electron chi connectivity index (χ1n) is 9.67. The van der Waals surface area contributed by atoms with E-state index in [9.17, 15) is 13.2 Å². The molecule has 1 saturated heterocycles. The quantitative estimate of drug-likeness (QED) is 0.606. The molecule has 156 valence electrons. The summed E-state index contributed by atoms with van der Waals surface area (Å²) in [5.41, 5.74) is 1.80. The molecule has 9 heteroatoms. The maximum absolute atomic E-state index is 12.7. The number of carbonyl (C=O) groups excluding carboxylic acids is 1. The van der Waals surface area contributed by atoms with Crippen LogP contribution < -0.4 is 5.32 Å². The van der Waals surface area contributed by atoms with Crippen LogP contribution in [-0.2, 0) is 14.8 Å². The lowest BCUT2D eigenvalue weighted by atomic mass is 10.2. The van der Waals surface area contributed by atoms with Crippen LogP contribution in [0.4, 0.5) is 5.69 Å². The van der Waals surface area contributed by atoms with Crippen LogP contribution in [0.3, 0.4) is 0 Å². The van der Waals surface area contributed by atoms with Crippen LogP contribution in [0, 0.1) is 0 Å². The van der Waals surface area contributed by atoms with Crippen molar-refractivity contribution in [1.82, 2.24) is 13.7 Å². The monoisotopic (exact) mass is 444 g/mol. The molecule has 1 aromatic carbocycles. The number of sulfonamides is 1. The van der Waals surface area contributed by atoms with E-state index in [1.165, 1.54) is 22.5 Å². The van der Waals surface area contributed by atoms with Crippen LogP contribution >= 0.6 is 11.6 Å². The molecule has 3 aromatic rings. The summed E-state index contributed by atoms with van der Waals surface area (Å²) in [7, 11) is -3.49. The fourth-order valence-corrected chi connectivity index (χ4v) is 5.20. The average molecular weight is 445 g/mol. The molecule has 0 unspecified atom stereocenters. The van der Waals surface area contributed by atoms with E-state index in [2.05, 4.69) is 10.3 Å². The van der Waals surface area contributed by atoms with E-state index in [4.69, 9.17) is 11.6 Å². The van der Waals surface area contributed by atoms with Gasteiger partial charge in [0.2, 0.25) is 15.9 Å². The number of benzene rings is 1. The van der Waals surface area contributed by atoms with Crippen molar-refractivity contribution in [2.75, 3.05) is 18.4 Å². The van der Waals surface area contributed by atoms with Gasteiger partial charge in [0.05, 0.1) is 10.6 Å². The van der Waals surface area contributed by atoms with Gasteiger partial charge in [-0.1, -0.05) is 24.1 Å². The van der Waals surface area contributed by atoms with E-state index >= 15 is 0 Å². The Morgan fingerprint density at radius 2 is 1.80 bits per heavy atom. The molecule has 0 spiro atoms. The third kappa shape index (κ3) is 4.26. The Labute approximate surface area is 180 Å². The van der Waals surface area contributed by atoms with Crippen LogP contribution in [0.15, 0.2) is 59.6 Å². The molecule has 0 radical (unpaired) electrons. The molecule has 0 atom stereocenters. The molecule has 0 saturated carbocycles. The smallest absolute Gasteiger partial charge is 0.248 e. The van der Waals surface area contributed by atoms with Gasteiger partial charge in [0, 0.05) is 31.0 Å². The van der Waals surface area contributed by atoms with Crippen molar-refractivity contribution in [3.05, 3.63) is 65.6 Å². The summed E-state index contributed by atoms with van der Waals surface area (Å²) in [6, 6.07) is 11.7. The van der Waals surface area contributed by atoms with E-state index in [-0.39, 0.29) is 10.8 Å². The summed E-state index contributed by atoms with van der Waals surface area (Å²) in [6.07, 6.45) is 7.60. The molecule has 1 fully saturated rings. The number of hydrogen-bond acceptors (Lipinski definition) is 4. The zero-order valence-electron chi connectivity index (χ0n) is 16.2. The molecule has 0 bridgehead atoms. The molecular formula is C21H21ClN4O3S. The Kier molecular flexibility index (Phi) is 5.90. The number of aromatic nitrogens is 2. The Morgan fingerprint density at radius 3 is 2.53 bits per heavy atom. The number of imidazole rings is 1. The van der Waals surface area contributed by atoms with E-state index in [0.717, 1.165) is 19.3 Å². The number of piperidine rings is 1. The summed E-state index contributed by atoms with van der Waals surface area (Å²) in [6.45, 7) is 1.11. The number of fused-ring (bicyclic) bond motifs is 1. The number of hydrogen-bond donors (Lipinski definition) is 1. The van der Waals surface area contributed by atoms with E-state index in [1.54, 1.807) is 22.6 Å². The van der Waals surface area contributed by atoms with Gasteiger partial charge in [-0.05, 0) is 55.3 Å². The van der Waals surface area contributed by atoms with Gasteiger partial charge in [-0.25, -0.2) is 13.4 Å². The summed E-state index contributed by atoms with van der Waals surface area (Å²) < 4.78 is 28.7. The highest BCUT2D eigenvalue weighted by molar-refractivity contribution is 7.89. The molecule has 1 N–H and O–H groups in total. The van der Waals surface area contributed by atoms with Crippen LogP contribution in [0.5, 0.6) is 0 Å². The van der Waals surface area contributed by atoms with Crippen molar-refractivity contribution < 1.29 is 13.2 Å². The molecule has 4 rings (SSSR count). The molecule has 1 aliphatic rings. The first-order chi connectivity index (χ1) is 14.4. The fraction of sp³-hybridized carbons (Fsp3) is 0.238. The summed E-state index contributed by atoms with van der Waals surface area (Å²) in [4.78, 5) is 16.7. The van der Waals surface area contributed by atoms with Gasteiger partial charge in [-0.15, -0.1) is 0 Å². The predicted octanol–water partition coefficient (Wildman–Crippen LogP) is 3.81. The molecule has 7 nitrogen and oxygen atoms in total. The van der Waals surface area contributed by atoms with Crippen molar-refractivity contribution in [2.45, 2.75) is 24.2 Å². The fourth-order valence-electron chi connectivity index (χ4n) is 3.44. The minimum absolute atomic E-state index is 0.232. The maximum Gasteiger partial charge on any atom is 0.248 e. The van der Waals surface area contributed by atoms with Crippen molar-refractivity contribution in [1.29, 1.82) is 0 Å². The first kappa shape index (κ1) is 20.6. The first-order valence-corrected chi connectivity index (χ1v) is 11.5. The van der Waals surface area contributed by atoms with Crippen molar-refractivity contribution in [2.24, 2.45) is 0 Å². The van der Waals surface area contributed by atoms with Crippen LogP contribution in [0.1, 0.15) is 25.0 Å². The topological polar surface area (TPSA) is 83.8 Å². The largest absolute Gasteiger partial charge is 0.323 e. The standard InChI is InChI=1S/C21H21ClN4O3S/c22-21-18(26-15-5-2-6-19(26)24-21)11-12-20(27)23-16-7-9-17(10-8-16)30(28,29)25-13-3-1-4-14-25/h2,5-12,15H,1,3-4,13-14H2,(H,23,27)/b12-11+. The minimum Gasteiger partial charge on any atom is -0.323 e. The highest BCUT2D eigenvalue weighted by Gasteiger charge is 2.25. The number of nitrogens with one attached hydrogen (secondary N) is 1. The summed E-state index contributed by atoms with van der Waals surface area (Å²) in [5, 5.41) is 3.03. The number of halogens is 1. The Morgan fingerprint density at radius 1 is 1.07 bits per heavy atom. The number of pyridine rings is 1. The average Bonchev–Trinajstić information content (AvgIpc) is 3.08. The van der Waals surface area contributed by atoms with Gasteiger partial charge >= 0.3 is 0 Å². The number of carbonyl (C=O) groups is 1. The van der Waals surface area contributed by atoms with Crippen LogP contribution in [0.2, 0.25) is 5.15 Å². The Hall–Kier alpha value is -2.68. The second-order valence-corrected chi connectivity index (χ2v) is 9.32. The van der Waals surface area contributed by atoms with E-state index in [0.29, 0.717) is 35.3 Å². The third-order valence-electron chi connectivity index (χ3n) is 4.99. The maximum atomic E-state index is 12.7. The second kappa shape index (κ2) is 8.59. The van der Waals surface area contributed by atoms with Gasteiger partial charge in [0.25, 0.3) is 0 Å². The predicted molar refractivity (Wildman–Crippen MR) is 117 cm³/mol. The van der Waals surface area contributed by atoms with Gasteiger partial charge < -0.3 is 5.32 Å². The normalized spacial score (nSPS) is 15.6. The van der Waals surface area contributed by atoms with Crippen molar-refractivity contribution in [3.63, 3.8) is 0 Å². The molecule has 30 heavy (non-hydrogen) atoms. The zero-order valence-corrected chi connectivity index (χ0v) is 17.7. The second-order valence-electron chi connectivity index (χ2n) is 7.03. The number of amides is 1. The lowest BCUT2D eigenvalue weighted by Crippen LogP contribution is -2.35. The lowest BCUT2D eigenvalue weighted by molar-refractivity contribution is -0.111. The highest BCUT2D eigenvalue weighted by Crippen LogP contribution is 2.22. The third-order valence-corrected chi connectivity index (χ3v) is 7.18. The molecular weight excluding hydrogens is 424 g/mol. The number of rotatable bonds is 5. The Bertz CT molecular complexity index is 1200. The van der Waals surface area contributed by atoms with Gasteiger partial charge in [0.1, 0.15) is 5.65 Å². The molecule has 1 amide bonds.